The second kappa shape index (κ2) is 7.26. The summed E-state index contributed by atoms with van der Waals surface area (Å²) in [6.07, 6.45) is 0. The largest absolute Gasteiger partial charge is 0.326 e. The normalized spacial score (nSPS) is 9.91. The van der Waals surface area contributed by atoms with E-state index in [1.807, 2.05) is 30.3 Å². The molecule has 2 N–H and O–H groups in total. The van der Waals surface area contributed by atoms with Gasteiger partial charge in [-0.05, 0) is 23.8 Å². The minimum Gasteiger partial charge on any atom is -0.326 e. The summed E-state index contributed by atoms with van der Waals surface area (Å²) in [5, 5.41) is 5.49. The molecular formula is C17H19N3O2. The van der Waals surface area contributed by atoms with E-state index in [1.165, 1.54) is 6.92 Å². The second-order valence-corrected chi connectivity index (χ2v) is 5.03. The summed E-state index contributed by atoms with van der Waals surface area (Å²) in [5.41, 5.74) is 2.35. The number of carbonyl (C=O) groups is 2. The van der Waals surface area contributed by atoms with E-state index in [9.17, 15) is 9.59 Å². The minimum absolute atomic E-state index is 0.148. The molecule has 0 saturated carbocycles. The lowest BCUT2D eigenvalue weighted by atomic mass is 10.2. The molecule has 0 unspecified atom stereocenters. The van der Waals surface area contributed by atoms with Gasteiger partial charge in [0.2, 0.25) is 5.91 Å². The van der Waals surface area contributed by atoms with Crippen LogP contribution in [0.2, 0.25) is 0 Å². The monoisotopic (exact) mass is 297 g/mol. The van der Waals surface area contributed by atoms with Crippen LogP contribution in [0.3, 0.4) is 0 Å². The number of carbonyl (C=O) groups excluding carboxylic acids is 2. The number of anilines is 2. The highest BCUT2D eigenvalue weighted by Gasteiger charge is 2.09. The highest BCUT2D eigenvalue weighted by atomic mass is 16.2. The zero-order chi connectivity index (χ0) is 15.9. The molecule has 0 heterocycles. The summed E-state index contributed by atoms with van der Waals surface area (Å²) in [5.74, 6) is -0.148. The van der Waals surface area contributed by atoms with Gasteiger partial charge in [-0.3, -0.25) is 4.79 Å². The van der Waals surface area contributed by atoms with Crippen molar-refractivity contribution in [3.8, 4) is 0 Å². The van der Waals surface area contributed by atoms with Crippen LogP contribution in [0.25, 0.3) is 0 Å². The molecule has 0 aliphatic rings. The van der Waals surface area contributed by atoms with Gasteiger partial charge >= 0.3 is 6.03 Å². The number of benzene rings is 2. The second-order valence-electron chi connectivity index (χ2n) is 5.03. The summed E-state index contributed by atoms with van der Waals surface area (Å²) < 4.78 is 0. The molecule has 0 aliphatic carbocycles. The molecule has 22 heavy (non-hydrogen) atoms. The highest BCUT2D eigenvalue weighted by Crippen LogP contribution is 2.15. The average molecular weight is 297 g/mol. The van der Waals surface area contributed by atoms with Gasteiger partial charge in [-0.1, -0.05) is 36.4 Å². The van der Waals surface area contributed by atoms with E-state index in [-0.39, 0.29) is 11.9 Å². The van der Waals surface area contributed by atoms with Gasteiger partial charge in [-0.15, -0.1) is 0 Å². The van der Waals surface area contributed by atoms with Gasteiger partial charge in [-0.25, -0.2) is 4.79 Å². The van der Waals surface area contributed by atoms with Crippen LogP contribution in [0.5, 0.6) is 0 Å². The predicted molar refractivity (Wildman–Crippen MR) is 87.7 cm³/mol. The first-order valence-corrected chi connectivity index (χ1v) is 6.98. The lowest BCUT2D eigenvalue weighted by Gasteiger charge is -2.18. The van der Waals surface area contributed by atoms with E-state index in [0.717, 1.165) is 5.56 Å². The fourth-order valence-electron chi connectivity index (χ4n) is 2.03. The van der Waals surface area contributed by atoms with E-state index in [4.69, 9.17) is 0 Å². The van der Waals surface area contributed by atoms with E-state index >= 15 is 0 Å². The lowest BCUT2D eigenvalue weighted by Crippen LogP contribution is -2.30. The number of hydrogen-bond donors (Lipinski definition) is 2. The average Bonchev–Trinajstić information content (AvgIpc) is 2.48. The molecule has 5 nitrogen and oxygen atoms in total. The molecule has 0 bridgehead atoms. The molecule has 114 valence electrons. The molecular weight excluding hydrogens is 278 g/mol. The van der Waals surface area contributed by atoms with E-state index < -0.39 is 0 Å². The van der Waals surface area contributed by atoms with Crippen molar-refractivity contribution in [3.63, 3.8) is 0 Å². The summed E-state index contributed by atoms with van der Waals surface area (Å²) in [7, 11) is 1.74. The van der Waals surface area contributed by atoms with Crippen LogP contribution < -0.4 is 10.6 Å². The third-order valence-corrected chi connectivity index (χ3v) is 3.04. The Morgan fingerprint density at radius 2 is 1.59 bits per heavy atom. The van der Waals surface area contributed by atoms with Gasteiger partial charge in [0.05, 0.1) is 0 Å². The molecule has 0 atom stereocenters. The molecule has 0 fully saturated rings. The van der Waals surface area contributed by atoms with Gasteiger partial charge in [0.1, 0.15) is 0 Å². The Hall–Kier alpha value is -2.82. The maximum Gasteiger partial charge on any atom is 0.321 e. The number of nitrogens with one attached hydrogen (secondary N) is 2. The van der Waals surface area contributed by atoms with Crippen molar-refractivity contribution in [2.75, 3.05) is 17.7 Å². The zero-order valence-corrected chi connectivity index (χ0v) is 12.7. The first-order chi connectivity index (χ1) is 10.5. The SMILES string of the molecule is CC(=O)Nc1cccc(NC(=O)N(C)Cc2ccccc2)c1. The van der Waals surface area contributed by atoms with Crippen LogP contribution in [0.4, 0.5) is 16.2 Å². The summed E-state index contributed by atoms with van der Waals surface area (Å²) in [6, 6.07) is 16.6. The van der Waals surface area contributed by atoms with E-state index in [0.29, 0.717) is 17.9 Å². The molecule has 5 heteroatoms. The summed E-state index contributed by atoms with van der Waals surface area (Å²) in [6.45, 7) is 1.97. The Labute approximate surface area is 129 Å². The van der Waals surface area contributed by atoms with Gasteiger partial charge in [0.15, 0.2) is 0 Å². The van der Waals surface area contributed by atoms with E-state index in [2.05, 4.69) is 10.6 Å². The molecule has 2 aromatic rings. The topological polar surface area (TPSA) is 61.4 Å². The smallest absolute Gasteiger partial charge is 0.321 e. The maximum absolute atomic E-state index is 12.2. The Balaban J connectivity index is 1.97. The van der Waals surface area contributed by atoms with Crippen LogP contribution in [0, 0.1) is 0 Å². The first-order valence-electron chi connectivity index (χ1n) is 6.98. The Bertz CT molecular complexity index is 656. The molecule has 0 spiro atoms. The fourth-order valence-corrected chi connectivity index (χ4v) is 2.03. The number of rotatable bonds is 4. The molecule has 3 amide bonds. The summed E-state index contributed by atoms with van der Waals surface area (Å²) >= 11 is 0. The van der Waals surface area contributed by atoms with Crippen molar-refractivity contribution in [3.05, 3.63) is 60.2 Å². The molecule has 0 saturated heterocycles. The molecule has 2 aromatic carbocycles. The molecule has 0 radical (unpaired) electrons. The number of amides is 3. The van der Waals surface area contributed by atoms with Crippen LogP contribution in [-0.4, -0.2) is 23.9 Å². The van der Waals surface area contributed by atoms with Crippen molar-refractivity contribution in [1.29, 1.82) is 0 Å². The first kappa shape index (κ1) is 15.6. The van der Waals surface area contributed by atoms with Gasteiger partial charge in [0, 0.05) is 31.9 Å². The van der Waals surface area contributed by atoms with Crippen LogP contribution in [-0.2, 0) is 11.3 Å². The van der Waals surface area contributed by atoms with Crippen molar-refractivity contribution in [2.24, 2.45) is 0 Å². The lowest BCUT2D eigenvalue weighted by molar-refractivity contribution is -0.114. The predicted octanol–water partition coefficient (Wildman–Crippen LogP) is 3.31. The van der Waals surface area contributed by atoms with Gasteiger partial charge in [-0.2, -0.15) is 0 Å². The van der Waals surface area contributed by atoms with Crippen LogP contribution in [0.15, 0.2) is 54.6 Å². The maximum atomic E-state index is 12.2. The molecule has 0 aliphatic heterocycles. The molecule has 0 aromatic heterocycles. The quantitative estimate of drug-likeness (QED) is 0.909. The van der Waals surface area contributed by atoms with E-state index in [1.54, 1.807) is 36.2 Å². The highest BCUT2D eigenvalue weighted by molar-refractivity contribution is 5.92. The Morgan fingerprint density at radius 1 is 0.955 bits per heavy atom. The Morgan fingerprint density at radius 3 is 2.23 bits per heavy atom. The fraction of sp³-hybridized carbons (Fsp3) is 0.176. The van der Waals surface area contributed by atoms with Crippen molar-refractivity contribution in [1.82, 2.24) is 4.90 Å². The zero-order valence-electron chi connectivity index (χ0n) is 12.7. The third-order valence-electron chi connectivity index (χ3n) is 3.04. The standard InChI is InChI=1S/C17H19N3O2/c1-13(21)18-15-9-6-10-16(11-15)19-17(22)20(2)12-14-7-4-3-5-8-14/h3-11H,12H2,1-2H3,(H,18,21)(H,19,22). The number of urea groups is 1. The number of nitrogens with zero attached hydrogens (tertiary/aromatic N) is 1. The van der Waals surface area contributed by atoms with Gasteiger partial charge < -0.3 is 15.5 Å². The minimum atomic E-state index is -0.205. The summed E-state index contributed by atoms with van der Waals surface area (Å²) in [4.78, 5) is 24.8. The number of hydrogen-bond acceptors (Lipinski definition) is 2. The molecule has 2 rings (SSSR count). The van der Waals surface area contributed by atoms with Crippen molar-refractivity contribution in [2.45, 2.75) is 13.5 Å². The van der Waals surface area contributed by atoms with Crippen molar-refractivity contribution < 1.29 is 9.59 Å². The van der Waals surface area contributed by atoms with Crippen LogP contribution >= 0.6 is 0 Å². The van der Waals surface area contributed by atoms with Crippen LogP contribution in [0.1, 0.15) is 12.5 Å². The third kappa shape index (κ3) is 4.63. The van der Waals surface area contributed by atoms with Gasteiger partial charge in [0.25, 0.3) is 0 Å². The Kier molecular flexibility index (Phi) is 5.14. The van der Waals surface area contributed by atoms with Crippen molar-refractivity contribution >= 4 is 23.3 Å².